The quantitative estimate of drug-likeness (QED) is 0.659. The second-order valence-corrected chi connectivity index (χ2v) is 9.14. The molecule has 4 heterocycles. The minimum atomic E-state index is -0.477. The van der Waals surface area contributed by atoms with Gasteiger partial charge in [-0.15, -0.1) is 0 Å². The number of anilines is 4. The molecule has 8 heteroatoms. The first kappa shape index (κ1) is 23.1. The van der Waals surface area contributed by atoms with E-state index in [0.717, 1.165) is 60.9 Å². The van der Waals surface area contributed by atoms with Crippen LogP contribution in [0.2, 0.25) is 0 Å². The van der Waals surface area contributed by atoms with E-state index in [1.165, 1.54) is 6.42 Å². The third kappa shape index (κ3) is 5.19. The molecule has 3 atom stereocenters. The number of nitrogens with zero attached hydrogens (tertiary/aromatic N) is 2. The Morgan fingerprint density at radius 1 is 1.24 bits per heavy atom. The molecule has 3 aliphatic rings. The van der Waals surface area contributed by atoms with Gasteiger partial charge in [0.15, 0.2) is 0 Å². The maximum Gasteiger partial charge on any atom is 0.256 e. The molecule has 0 spiro atoms. The highest BCUT2D eigenvalue weighted by molar-refractivity contribution is 6.01. The summed E-state index contributed by atoms with van der Waals surface area (Å²) >= 11 is 0. The average molecular weight is 467 g/mol. The van der Waals surface area contributed by atoms with E-state index < -0.39 is 6.10 Å². The van der Waals surface area contributed by atoms with Crippen LogP contribution in [0.1, 0.15) is 44.6 Å². The lowest BCUT2D eigenvalue weighted by Gasteiger charge is -2.32. The smallest absolute Gasteiger partial charge is 0.256 e. The molecule has 0 unspecified atom stereocenters. The second kappa shape index (κ2) is 10.7. The maximum absolute atomic E-state index is 13.7. The first-order chi connectivity index (χ1) is 16.7. The van der Waals surface area contributed by atoms with Gasteiger partial charge < -0.3 is 29.7 Å². The van der Waals surface area contributed by atoms with Gasteiger partial charge in [0.2, 0.25) is 0 Å². The molecule has 182 valence electrons. The lowest BCUT2D eigenvalue weighted by atomic mass is 10.0. The molecule has 8 nitrogen and oxygen atoms in total. The molecule has 1 aromatic carbocycles. The minimum absolute atomic E-state index is 0.0255. The fourth-order valence-corrected chi connectivity index (χ4v) is 4.89. The highest BCUT2D eigenvalue weighted by atomic mass is 16.5. The molecule has 0 saturated carbocycles. The van der Waals surface area contributed by atoms with Gasteiger partial charge in [0, 0.05) is 37.2 Å². The molecular formula is C26H34N4O4. The van der Waals surface area contributed by atoms with Crippen molar-refractivity contribution in [2.24, 2.45) is 0 Å². The largest absolute Gasteiger partial charge is 0.382 e. The number of rotatable bonds is 6. The summed E-state index contributed by atoms with van der Waals surface area (Å²) in [6.07, 6.45) is 6.48. The van der Waals surface area contributed by atoms with Crippen molar-refractivity contribution in [2.45, 2.75) is 63.9 Å². The van der Waals surface area contributed by atoms with Crippen molar-refractivity contribution < 1.29 is 19.0 Å². The molecular weight excluding hydrogens is 432 g/mol. The molecule has 0 radical (unpaired) electrons. The Kier molecular flexibility index (Phi) is 7.27. The van der Waals surface area contributed by atoms with Crippen molar-refractivity contribution in [1.82, 2.24) is 4.98 Å². The average Bonchev–Trinajstić information content (AvgIpc) is 3.05. The molecule has 0 aliphatic carbocycles. The first-order valence-electron chi connectivity index (χ1n) is 12.5. The number of amides is 1. The van der Waals surface area contributed by atoms with E-state index in [1.807, 2.05) is 42.2 Å². The molecule has 2 fully saturated rings. The van der Waals surface area contributed by atoms with Gasteiger partial charge in [-0.25, -0.2) is 4.98 Å². The van der Waals surface area contributed by atoms with E-state index in [1.54, 1.807) is 6.20 Å². The van der Waals surface area contributed by atoms with Crippen molar-refractivity contribution in [2.75, 3.05) is 41.9 Å². The van der Waals surface area contributed by atoms with E-state index in [-0.39, 0.29) is 18.1 Å². The van der Waals surface area contributed by atoms with Crippen LogP contribution in [0.15, 0.2) is 36.5 Å². The van der Waals surface area contributed by atoms with E-state index in [2.05, 4.69) is 15.6 Å². The van der Waals surface area contributed by atoms with Crippen molar-refractivity contribution in [3.8, 4) is 0 Å². The molecule has 2 N–H and O–H groups in total. The summed E-state index contributed by atoms with van der Waals surface area (Å²) in [5, 5.41) is 6.94. The van der Waals surface area contributed by atoms with Gasteiger partial charge >= 0.3 is 0 Å². The molecule has 2 aromatic rings. The number of hydrogen-bond acceptors (Lipinski definition) is 7. The highest BCUT2D eigenvalue weighted by Gasteiger charge is 2.34. The Morgan fingerprint density at radius 2 is 2.18 bits per heavy atom. The summed E-state index contributed by atoms with van der Waals surface area (Å²) in [7, 11) is 0. The van der Waals surface area contributed by atoms with Crippen molar-refractivity contribution in [3.05, 3.63) is 42.1 Å². The lowest BCUT2D eigenvalue weighted by Crippen LogP contribution is -2.44. The molecule has 34 heavy (non-hydrogen) atoms. The van der Waals surface area contributed by atoms with Gasteiger partial charge in [-0.2, -0.15) is 0 Å². The fraction of sp³-hybridized carbons (Fsp3) is 0.538. The van der Waals surface area contributed by atoms with Crippen LogP contribution in [-0.4, -0.2) is 55.6 Å². The number of fused-ring (bicyclic) bond motifs is 2. The van der Waals surface area contributed by atoms with Gasteiger partial charge in [0.25, 0.3) is 5.91 Å². The van der Waals surface area contributed by atoms with Gasteiger partial charge in [0.1, 0.15) is 11.9 Å². The topological polar surface area (TPSA) is 85.0 Å². The zero-order valence-electron chi connectivity index (χ0n) is 19.8. The molecule has 0 bridgehead atoms. The Hall–Kier alpha value is -2.68. The maximum atomic E-state index is 13.7. The summed E-state index contributed by atoms with van der Waals surface area (Å²) in [5.74, 6) is 0.749. The van der Waals surface area contributed by atoms with E-state index in [4.69, 9.17) is 14.2 Å². The number of nitrogens with one attached hydrogen (secondary N) is 2. The SMILES string of the molecule is CCO[C@@H]1CC[C@@H](C(=O)N2Cc3cccnc3Nc3ccc(NC[C@H]4CCCCO4)cc32)OC1. The summed E-state index contributed by atoms with van der Waals surface area (Å²) < 4.78 is 17.5. The van der Waals surface area contributed by atoms with Crippen LogP contribution in [0.25, 0.3) is 0 Å². The van der Waals surface area contributed by atoms with Crippen LogP contribution in [0.3, 0.4) is 0 Å². The number of carbonyl (C=O) groups is 1. The number of ether oxygens (including phenoxy) is 3. The van der Waals surface area contributed by atoms with Crippen molar-refractivity contribution in [1.29, 1.82) is 0 Å². The van der Waals surface area contributed by atoms with E-state index >= 15 is 0 Å². The summed E-state index contributed by atoms with van der Waals surface area (Å²) in [4.78, 5) is 20.1. The number of pyridine rings is 1. The standard InChI is InChI=1S/C26H34N4O4/c1-2-32-21-9-11-24(34-17-21)26(31)30-16-18-6-5-12-27-25(18)29-22-10-8-19(14-23(22)30)28-15-20-7-3-4-13-33-20/h5-6,8,10,12,14,20-21,24,28H,2-4,7,9,11,13,15-17H2,1H3,(H,27,29)/t20-,21-,24+/m1/s1. The first-order valence-corrected chi connectivity index (χ1v) is 12.5. The van der Waals surface area contributed by atoms with Crippen LogP contribution < -0.4 is 15.5 Å². The van der Waals surface area contributed by atoms with Crippen LogP contribution >= 0.6 is 0 Å². The Morgan fingerprint density at radius 3 is 2.97 bits per heavy atom. The summed E-state index contributed by atoms with van der Waals surface area (Å²) in [6.45, 7) is 5.11. The van der Waals surface area contributed by atoms with Crippen LogP contribution in [0, 0.1) is 0 Å². The Balaban J connectivity index is 1.38. The predicted molar refractivity (Wildman–Crippen MR) is 132 cm³/mol. The van der Waals surface area contributed by atoms with E-state index in [0.29, 0.717) is 26.2 Å². The molecule has 2 saturated heterocycles. The molecule has 3 aliphatic heterocycles. The zero-order chi connectivity index (χ0) is 23.3. The number of aromatic nitrogens is 1. The van der Waals surface area contributed by atoms with Crippen LogP contribution in [-0.2, 0) is 25.5 Å². The fourth-order valence-electron chi connectivity index (χ4n) is 4.89. The Labute approximate surface area is 201 Å². The molecule has 1 amide bonds. The van der Waals surface area contributed by atoms with Crippen LogP contribution in [0.5, 0.6) is 0 Å². The number of carbonyl (C=O) groups excluding carboxylic acids is 1. The normalized spacial score (nSPS) is 24.4. The number of benzene rings is 1. The van der Waals surface area contributed by atoms with Gasteiger partial charge in [-0.1, -0.05) is 6.07 Å². The van der Waals surface area contributed by atoms with Gasteiger partial charge in [-0.3, -0.25) is 4.79 Å². The Bertz CT molecular complexity index is 987. The molecule has 5 rings (SSSR count). The summed E-state index contributed by atoms with van der Waals surface area (Å²) in [6, 6.07) is 10.0. The van der Waals surface area contributed by atoms with Gasteiger partial charge in [-0.05, 0) is 63.3 Å². The van der Waals surface area contributed by atoms with Gasteiger partial charge in [0.05, 0.1) is 36.7 Å². The third-order valence-corrected chi connectivity index (χ3v) is 6.75. The second-order valence-electron chi connectivity index (χ2n) is 9.14. The minimum Gasteiger partial charge on any atom is -0.382 e. The highest BCUT2D eigenvalue weighted by Crippen LogP contribution is 2.38. The predicted octanol–water partition coefficient (Wildman–Crippen LogP) is 4.24. The van der Waals surface area contributed by atoms with E-state index in [9.17, 15) is 4.79 Å². The number of hydrogen-bond donors (Lipinski definition) is 2. The monoisotopic (exact) mass is 466 g/mol. The van der Waals surface area contributed by atoms with Crippen LogP contribution in [0.4, 0.5) is 22.9 Å². The third-order valence-electron chi connectivity index (χ3n) is 6.75. The van der Waals surface area contributed by atoms with Crippen molar-refractivity contribution in [3.63, 3.8) is 0 Å². The zero-order valence-corrected chi connectivity index (χ0v) is 19.8. The molecule has 1 aromatic heterocycles. The van der Waals surface area contributed by atoms with Crippen molar-refractivity contribution >= 4 is 28.8 Å². The lowest BCUT2D eigenvalue weighted by molar-refractivity contribution is -0.140. The summed E-state index contributed by atoms with van der Waals surface area (Å²) in [5.41, 5.74) is 3.62.